The quantitative estimate of drug-likeness (QED) is 0.755. The first-order chi connectivity index (χ1) is 11.9. The Morgan fingerprint density at radius 3 is 2.32 bits per heavy atom. The molecule has 2 aromatic carbocycles. The molecule has 1 N–H and O–H groups in total. The lowest BCUT2D eigenvalue weighted by Crippen LogP contribution is -2.13. The first kappa shape index (κ1) is 18.4. The summed E-state index contributed by atoms with van der Waals surface area (Å²) in [5, 5.41) is 2.44. The number of nitrogens with one attached hydrogen (secondary N) is 1. The fourth-order valence-electron chi connectivity index (χ4n) is 1.96. The van der Waals surface area contributed by atoms with Crippen molar-refractivity contribution in [1.29, 1.82) is 0 Å². The largest absolute Gasteiger partial charge is 0.493 e. The van der Waals surface area contributed by atoms with E-state index in [1.165, 1.54) is 37.4 Å². The monoisotopic (exact) mass is 359 g/mol. The van der Waals surface area contributed by atoms with Crippen LogP contribution in [0.2, 0.25) is 0 Å². The normalized spacial score (nSPS) is 10.7. The van der Waals surface area contributed by atoms with E-state index >= 15 is 0 Å². The number of rotatable bonds is 7. The zero-order chi connectivity index (χ0) is 18.4. The van der Waals surface area contributed by atoms with Crippen LogP contribution in [0.1, 0.15) is 10.4 Å². The van der Waals surface area contributed by atoms with Gasteiger partial charge in [0.2, 0.25) is 0 Å². The second-order valence-corrected chi connectivity index (χ2v) is 4.60. The molecule has 0 saturated carbocycles. The van der Waals surface area contributed by atoms with E-state index < -0.39 is 19.1 Å². The van der Waals surface area contributed by atoms with Crippen molar-refractivity contribution >= 4 is 11.6 Å². The zero-order valence-electron chi connectivity index (χ0n) is 12.8. The highest BCUT2D eigenvalue weighted by Crippen LogP contribution is 2.31. The Balaban J connectivity index is 2.17. The highest BCUT2D eigenvalue weighted by molar-refractivity contribution is 6.04. The van der Waals surface area contributed by atoms with Crippen LogP contribution < -0.4 is 19.5 Å². The first-order valence-electron chi connectivity index (χ1n) is 6.88. The Morgan fingerprint density at radius 2 is 1.68 bits per heavy atom. The molecule has 0 saturated heterocycles. The van der Waals surface area contributed by atoms with Gasteiger partial charge in [-0.25, -0.2) is 0 Å². The van der Waals surface area contributed by atoms with Gasteiger partial charge in [-0.15, -0.1) is 0 Å². The summed E-state index contributed by atoms with van der Waals surface area (Å²) >= 11 is 0. The van der Waals surface area contributed by atoms with Gasteiger partial charge in [0.25, 0.3) is 5.91 Å². The minimum Gasteiger partial charge on any atom is -0.493 e. The third-order valence-electron chi connectivity index (χ3n) is 2.96. The van der Waals surface area contributed by atoms with Crippen LogP contribution in [0.5, 0.6) is 17.2 Å². The Labute approximate surface area is 140 Å². The van der Waals surface area contributed by atoms with Gasteiger partial charge >= 0.3 is 13.2 Å². The Kier molecular flexibility index (Phi) is 6.04. The van der Waals surface area contributed by atoms with Crippen LogP contribution in [0.25, 0.3) is 0 Å². The summed E-state index contributed by atoms with van der Waals surface area (Å²) in [5.41, 5.74) is 0.201. The predicted molar refractivity (Wildman–Crippen MR) is 80.7 cm³/mol. The summed E-state index contributed by atoms with van der Waals surface area (Å²) in [6.07, 6.45) is 0. The van der Waals surface area contributed by atoms with Crippen LogP contribution in [0, 0.1) is 0 Å². The van der Waals surface area contributed by atoms with Crippen LogP contribution in [0.3, 0.4) is 0 Å². The highest BCUT2D eigenvalue weighted by atomic mass is 19.3. The minimum atomic E-state index is -3.07. The lowest BCUT2D eigenvalue weighted by Gasteiger charge is -2.12. The van der Waals surface area contributed by atoms with Gasteiger partial charge in [0.1, 0.15) is 5.75 Å². The number of alkyl halides is 4. The molecule has 1 amide bonds. The molecule has 0 aromatic heterocycles. The number of halogens is 4. The van der Waals surface area contributed by atoms with Crippen molar-refractivity contribution in [2.75, 3.05) is 12.4 Å². The van der Waals surface area contributed by atoms with E-state index in [1.54, 1.807) is 0 Å². The first-order valence-corrected chi connectivity index (χ1v) is 6.88. The van der Waals surface area contributed by atoms with Crippen LogP contribution >= 0.6 is 0 Å². The molecule has 0 unspecified atom stereocenters. The maximum absolute atomic E-state index is 12.4. The van der Waals surface area contributed by atoms with Gasteiger partial charge in [-0.2, -0.15) is 17.6 Å². The molecule has 0 aliphatic heterocycles. The average molecular weight is 359 g/mol. The maximum Gasteiger partial charge on any atom is 0.387 e. The molecule has 0 heterocycles. The van der Waals surface area contributed by atoms with Crippen molar-refractivity contribution < 1.29 is 36.6 Å². The molecule has 9 heteroatoms. The van der Waals surface area contributed by atoms with Gasteiger partial charge in [0, 0.05) is 17.3 Å². The Bertz CT molecular complexity index is 740. The molecule has 0 aliphatic carbocycles. The van der Waals surface area contributed by atoms with E-state index in [9.17, 15) is 22.4 Å². The fraction of sp³-hybridized carbons (Fsp3) is 0.188. The maximum atomic E-state index is 12.4. The molecule has 0 spiro atoms. The summed E-state index contributed by atoms with van der Waals surface area (Å²) in [6, 6.07) is 9.05. The standard InChI is InChI=1S/C16H13F4NO4/c1-23-12-6-5-10(8-13(12)25-16(19)20)21-14(22)9-3-2-4-11(7-9)24-15(17)18/h2-8,15-16H,1H3,(H,21,22). The van der Waals surface area contributed by atoms with E-state index in [1.807, 2.05) is 0 Å². The number of methoxy groups -OCH3 is 1. The van der Waals surface area contributed by atoms with Gasteiger partial charge in [0.05, 0.1) is 7.11 Å². The minimum absolute atomic E-state index is 0.0466. The number of carbonyl (C=O) groups is 1. The molecule has 134 valence electrons. The molecule has 2 rings (SSSR count). The van der Waals surface area contributed by atoms with Gasteiger partial charge in [-0.1, -0.05) is 6.07 Å². The Hall–Kier alpha value is -2.97. The number of benzene rings is 2. The average Bonchev–Trinajstić information content (AvgIpc) is 2.54. The third kappa shape index (κ3) is 5.27. The van der Waals surface area contributed by atoms with Gasteiger partial charge in [0.15, 0.2) is 11.5 Å². The van der Waals surface area contributed by atoms with Gasteiger partial charge < -0.3 is 19.5 Å². The summed E-state index contributed by atoms with van der Waals surface area (Å²) in [7, 11) is 1.28. The number of hydrogen-bond acceptors (Lipinski definition) is 4. The molecule has 25 heavy (non-hydrogen) atoms. The van der Waals surface area contributed by atoms with Crippen molar-refractivity contribution in [2.45, 2.75) is 13.2 Å². The van der Waals surface area contributed by atoms with Crippen LogP contribution in [0.15, 0.2) is 42.5 Å². The summed E-state index contributed by atoms with van der Waals surface area (Å²) in [4.78, 5) is 12.2. The van der Waals surface area contributed by atoms with Crippen molar-refractivity contribution in [1.82, 2.24) is 0 Å². The molecule has 0 aliphatic rings. The summed E-state index contributed by atoms with van der Waals surface area (Å²) in [5.74, 6) is -1.03. The van der Waals surface area contributed by atoms with Crippen molar-refractivity contribution in [3.63, 3.8) is 0 Å². The van der Waals surface area contributed by atoms with E-state index in [-0.39, 0.29) is 28.5 Å². The molecule has 2 aromatic rings. The number of hydrogen-bond donors (Lipinski definition) is 1. The lowest BCUT2D eigenvalue weighted by molar-refractivity contribution is -0.0514. The van der Waals surface area contributed by atoms with Crippen molar-refractivity contribution in [2.24, 2.45) is 0 Å². The smallest absolute Gasteiger partial charge is 0.387 e. The fourth-order valence-corrected chi connectivity index (χ4v) is 1.96. The SMILES string of the molecule is COc1ccc(NC(=O)c2cccc(OC(F)F)c2)cc1OC(F)F. The molecule has 0 fully saturated rings. The molecular formula is C16H13F4NO4. The van der Waals surface area contributed by atoms with Crippen molar-refractivity contribution in [3.05, 3.63) is 48.0 Å². The summed E-state index contributed by atoms with van der Waals surface area (Å²) in [6.45, 7) is -6.09. The molecule has 0 bridgehead atoms. The molecule has 0 radical (unpaired) electrons. The number of amides is 1. The highest BCUT2D eigenvalue weighted by Gasteiger charge is 2.14. The van der Waals surface area contributed by atoms with Crippen LogP contribution in [-0.2, 0) is 0 Å². The van der Waals surface area contributed by atoms with Crippen LogP contribution in [-0.4, -0.2) is 26.2 Å². The van der Waals surface area contributed by atoms with E-state index in [0.717, 1.165) is 12.1 Å². The topological polar surface area (TPSA) is 56.8 Å². The van der Waals surface area contributed by atoms with E-state index in [2.05, 4.69) is 14.8 Å². The predicted octanol–water partition coefficient (Wildman–Crippen LogP) is 4.15. The second-order valence-electron chi connectivity index (χ2n) is 4.60. The summed E-state index contributed by atoms with van der Waals surface area (Å²) < 4.78 is 62.6. The Morgan fingerprint density at radius 1 is 0.960 bits per heavy atom. The second kappa shape index (κ2) is 8.22. The molecule has 5 nitrogen and oxygen atoms in total. The van der Waals surface area contributed by atoms with E-state index in [4.69, 9.17) is 4.74 Å². The number of ether oxygens (including phenoxy) is 3. The van der Waals surface area contributed by atoms with E-state index in [0.29, 0.717) is 0 Å². The number of anilines is 1. The number of carbonyl (C=O) groups excluding carboxylic acids is 1. The van der Waals surface area contributed by atoms with Crippen molar-refractivity contribution in [3.8, 4) is 17.2 Å². The lowest BCUT2D eigenvalue weighted by atomic mass is 10.2. The molecule has 0 atom stereocenters. The van der Waals surface area contributed by atoms with Gasteiger partial charge in [-0.3, -0.25) is 4.79 Å². The molecular weight excluding hydrogens is 346 g/mol. The zero-order valence-corrected chi connectivity index (χ0v) is 12.8. The van der Waals surface area contributed by atoms with Crippen LogP contribution in [0.4, 0.5) is 23.2 Å². The van der Waals surface area contributed by atoms with Gasteiger partial charge in [-0.05, 0) is 30.3 Å². The third-order valence-corrected chi connectivity index (χ3v) is 2.96.